The van der Waals surface area contributed by atoms with Gasteiger partial charge in [0.1, 0.15) is 11.4 Å². The van der Waals surface area contributed by atoms with Crippen molar-refractivity contribution in [3.63, 3.8) is 0 Å². The first kappa shape index (κ1) is 17.1. The van der Waals surface area contributed by atoms with Crippen molar-refractivity contribution in [3.8, 4) is 11.4 Å². The van der Waals surface area contributed by atoms with Crippen LogP contribution in [0.5, 0.6) is 5.75 Å². The van der Waals surface area contributed by atoms with Crippen molar-refractivity contribution in [1.29, 1.82) is 0 Å². The van der Waals surface area contributed by atoms with E-state index in [1.54, 1.807) is 35.8 Å². The molecule has 0 unspecified atom stereocenters. The third kappa shape index (κ3) is 3.69. The summed E-state index contributed by atoms with van der Waals surface area (Å²) in [4.78, 5) is 13.5. The first-order valence-electron chi connectivity index (χ1n) is 7.77. The van der Waals surface area contributed by atoms with Crippen LogP contribution in [-0.4, -0.2) is 29.1 Å². The number of aromatic nitrogens is 2. The summed E-state index contributed by atoms with van der Waals surface area (Å²) in [6.07, 6.45) is 3.73. The molecule has 25 heavy (non-hydrogen) atoms. The highest BCUT2D eigenvalue weighted by Gasteiger charge is 2.14. The fourth-order valence-corrected chi connectivity index (χ4v) is 3.05. The third-order valence-corrected chi connectivity index (χ3v) is 4.55. The molecule has 5 nitrogen and oxygen atoms in total. The van der Waals surface area contributed by atoms with Crippen molar-refractivity contribution in [2.45, 2.75) is 11.8 Å². The molecule has 0 atom stereocenters. The normalized spacial score (nSPS) is 10.5. The lowest BCUT2D eigenvalue weighted by Gasteiger charge is -2.09. The number of carbonyl (C=O) groups is 1. The van der Waals surface area contributed by atoms with Gasteiger partial charge < -0.3 is 10.1 Å². The number of nitrogens with zero attached hydrogens (tertiary/aromatic N) is 2. The Kier molecular flexibility index (Phi) is 5.09. The number of ether oxygens (including phenoxy) is 1. The number of thioether (sulfide) groups is 1. The minimum Gasteiger partial charge on any atom is -0.494 e. The second-order valence-electron chi connectivity index (χ2n) is 5.48. The number of carbonyl (C=O) groups excluding carboxylic acids is 1. The summed E-state index contributed by atoms with van der Waals surface area (Å²) in [5, 5.41) is 7.32. The van der Waals surface area contributed by atoms with Gasteiger partial charge in [0.05, 0.1) is 12.8 Å². The van der Waals surface area contributed by atoms with Crippen molar-refractivity contribution in [3.05, 3.63) is 66.0 Å². The molecule has 0 fully saturated rings. The lowest BCUT2D eigenvalue weighted by molar-refractivity contribution is 0.102. The highest BCUT2D eigenvalue weighted by atomic mass is 32.2. The Labute approximate surface area is 151 Å². The molecule has 0 aliphatic carbocycles. The second kappa shape index (κ2) is 7.44. The smallest absolute Gasteiger partial charge is 0.276 e. The number of nitrogens with one attached hydrogen (secondary N) is 1. The van der Waals surface area contributed by atoms with E-state index in [9.17, 15) is 4.79 Å². The SMILES string of the molecule is COc1ccc(C)cc1-n1ccc(C(=O)Nc2ccccc2SC)n1. The van der Waals surface area contributed by atoms with Crippen LogP contribution in [0.4, 0.5) is 5.69 Å². The molecular weight excluding hydrogens is 334 g/mol. The Morgan fingerprint density at radius 2 is 2.00 bits per heavy atom. The molecule has 3 aromatic rings. The molecule has 0 saturated carbocycles. The monoisotopic (exact) mass is 353 g/mol. The fraction of sp³-hybridized carbons (Fsp3) is 0.158. The number of hydrogen-bond donors (Lipinski definition) is 1. The van der Waals surface area contributed by atoms with Crippen LogP contribution in [0.1, 0.15) is 16.1 Å². The molecule has 0 aliphatic heterocycles. The van der Waals surface area contributed by atoms with E-state index in [1.165, 1.54) is 0 Å². The topological polar surface area (TPSA) is 56.1 Å². The van der Waals surface area contributed by atoms with Gasteiger partial charge in [-0.2, -0.15) is 5.10 Å². The third-order valence-electron chi connectivity index (χ3n) is 3.76. The minimum atomic E-state index is -0.244. The number of anilines is 1. The van der Waals surface area contributed by atoms with E-state index >= 15 is 0 Å². The van der Waals surface area contributed by atoms with Crippen LogP contribution < -0.4 is 10.1 Å². The quantitative estimate of drug-likeness (QED) is 0.700. The average molecular weight is 353 g/mol. The van der Waals surface area contributed by atoms with Gasteiger partial charge in [0.25, 0.3) is 5.91 Å². The molecule has 0 bridgehead atoms. The summed E-state index contributed by atoms with van der Waals surface area (Å²) in [5.41, 5.74) is 3.01. The fourth-order valence-electron chi connectivity index (χ4n) is 2.49. The molecule has 6 heteroatoms. The van der Waals surface area contributed by atoms with Gasteiger partial charge >= 0.3 is 0 Å². The van der Waals surface area contributed by atoms with Crippen LogP contribution in [0.25, 0.3) is 5.69 Å². The molecule has 128 valence electrons. The maximum Gasteiger partial charge on any atom is 0.276 e. The summed E-state index contributed by atoms with van der Waals surface area (Å²) < 4.78 is 7.04. The molecule has 0 spiro atoms. The van der Waals surface area contributed by atoms with E-state index in [4.69, 9.17) is 4.74 Å². The van der Waals surface area contributed by atoms with Gasteiger partial charge in [-0.15, -0.1) is 11.8 Å². The van der Waals surface area contributed by atoms with Crippen molar-refractivity contribution >= 4 is 23.4 Å². The molecule has 1 aromatic heterocycles. The van der Waals surface area contributed by atoms with E-state index in [0.717, 1.165) is 21.8 Å². The zero-order valence-corrected chi connectivity index (χ0v) is 15.1. The molecule has 1 N–H and O–H groups in total. The Morgan fingerprint density at radius 1 is 1.20 bits per heavy atom. The zero-order valence-electron chi connectivity index (χ0n) is 14.3. The van der Waals surface area contributed by atoms with Gasteiger partial charge in [0.15, 0.2) is 5.69 Å². The van der Waals surface area contributed by atoms with E-state index in [-0.39, 0.29) is 5.91 Å². The molecule has 0 aliphatic rings. The van der Waals surface area contributed by atoms with E-state index in [2.05, 4.69) is 10.4 Å². The van der Waals surface area contributed by atoms with Crippen LogP contribution in [0, 0.1) is 6.92 Å². The molecular formula is C19H19N3O2S. The number of benzene rings is 2. The van der Waals surface area contributed by atoms with Gasteiger partial charge in [-0.25, -0.2) is 4.68 Å². The van der Waals surface area contributed by atoms with Crippen molar-refractivity contribution in [2.75, 3.05) is 18.7 Å². The van der Waals surface area contributed by atoms with Crippen LogP contribution in [0.2, 0.25) is 0 Å². The van der Waals surface area contributed by atoms with Crippen molar-refractivity contribution in [1.82, 2.24) is 9.78 Å². The number of aryl methyl sites for hydroxylation is 1. The van der Waals surface area contributed by atoms with E-state index in [0.29, 0.717) is 11.4 Å². The summed E-state index contributed by atoms with van der Waals surface area (Å²) in [6, 6.07) is 15.2. The lowest BCUT2D eigenvalue weighted by atomic mass is 10.2. The summed E-state index contributed by atoms with van der Waals surface area (Å²) in [7, 11) is 1.62. The summed E-state index contributed by atoms with van der Waals surface area (Å²) >= 11 is 1.58. The van der Waals surface area contributed by atoms with Crippen LogP contribution >= 0.6 is 11.8 Å². The van der Waals surface area contributed by atoms with Gasteiger partial charge in [-0.3, -0.25) is 4.79 Å². The van der Waals surface area contributed by atoms with Gasteiger partial charge in [-0.1, -0.05) is 18.2 Å². The highest BCUT2D eigenvalue weighted by Crippen LogP contribution is 2.26. The predicted molar refractivity (Wildman–Crippen MR) is 101 cm³/mol. The van der Waals surface area contributed by atoms with E-state index < -0.39 is 0 Å². The van der Waals surface area contributed by atoms with Gasteiger partial charge in [0.2, 0.25) is 0 Å². The van der Waals surface area contributed by atoms with Crippen LogP contribution in [0.3, 0.4) is 0 Å². The first-order chi connectivity index (χ1) is 12.1. The van der Waals surface area contributed by atoms with Crippen molar-refractivity contribution < 1.29 is 9.53 Å². The van der Waals surface area contributed by atoms with Crippen molar-refractivity contribution in [2.24, 2.45) is 0 Å². The maximum absolute atomic E-state index is 12.5. The standard InChI is InChI=1S/C19H19N3O2S/c1-13-8-9-17(24-2)16(12-13)22-11-10-15(21-22)19(23)20-14-6-4-5-7-18(14)25-3/h4-12H,1-3H3,(H,20,23). The zero-order chi connectivity index (χ0) is 17.8. The number of hydrogen-bond acceptors (Lipinski definition) is 4. The minimum absolute atomic E-state index is 0.244. The summed E-state index contributed by atoms with van der Waals surface area (Å²) in [5.74, 6) is 0.459. The largest absolute Gasteiger partial charge is 0.494 e. The second-order valence-corrected chi connectivity index (χ2v) is 6.32. The molecule has 3 rings (SSSR count). The predicted octanol–water partition coefficient (Wildman–Crippen LogP) is 4.16. The van der Waals surface area contributed by atoms with Gasteiger partial charge in [0, 0.05) is 11.1 Å². The number of rotatable bonds is 5. The Morgan fingerprint density at radius 3 is 2.76 bits per heavy atom. The first-order valence-corrected chi connectivity index (χ1v) is 9.00. The average Bonchev–Trinajstić information content (AvgIpc) is 3.12. The number of para-hydroxylation sites is 1. The molecule has 1 amide bonds. The lowest BCUT2D eigenvalue weighted by Crippen LogP contribution is -2.13. The molecule has 2 aromatic carbocycles. The highest BCUT2D eigenvalue weighted by molar-refractivity contribution is 7.98. The molecule has 0 saturated heterocycles. The summed E-state index contributed by atoms with van der Waals surface area (Å²) in [6.45, 7) is 2.00. The van der Waals surface area contributed by atoms with Crippen LogP contribution in [-0.2, 0) is 0 Å². The number of amides is 1. The Balaban J connectivity index is 1.86. The molecule has 0 radical (unpaired) electrons. The maximum atomic E-state index is 12.5. The molecule has 1 heterocycles. The van der Waals surface area contributed by atoms with E-state index in [1.807, 2.05) is 55.6 Å². The van der Waals surface area contributed by atoms with Gasteiger partial charge in [-0.05, 0) is 49.1 Å². The number of methoxy groups -OCH3 is 1. The Bertz CT molecular complexity index is 905. The van der Waals surface area contributed by atoms with Crippen LogP contribution in [0.15, 0.2) is 59.6 Å². The Hall–Kier alpha value is -2.73.